The van der Waals surface area contributed by atoms with Gasteiger partial charge in [0.25, 0.3) is 5.91 Å². The van der Waals surface area contributed by atoms with E-state index in [2.05, 4.69) is 30.3 Å². The van der Waals surface area contributed by atoms with Crippen LogP contribution in [-0.4, -0.2) is 37.1 Å². The molecular weight excluding hydrogens is 413 g/mol. The Morgan fingerprint density at radius 2 is 1.87 bits per heavy atom. The highest BCUT2D eigenvalue weighted by Crippen LogP contribution is 2.27. The highest BCUT2D eigenvalue weighted by molar-refractivity contribution is 6.03. The highest BCUT2D eigenvalue weighted by Gasteiger charge is 2.31. The number of nitrogens with zero attached hydrogens (tertiary/aromatic N) is 5. The summed E-state index contributed by atoms with van der Waals surface area (Å²) in [4.78, 5) is 17.1. The zero-order valence-electron chi connectivity index (χ0n) is 16.3. The summed E-state index contributed by atoms with van der Waals surface area (Å²) in [6, 6.07) is 12.0. The first-order valence-corrected chi connectivity index (χ1v) is 9.04. The Hall–Kier alpha value is -4.02. The Morgan fingerprint density at radius 3 is 2.58 bits per heavy atom. The first kappa shape index (κ1) is 20.3. The molecule has 0 aliphatic heterocycles. The molecule has 0 atom stereocenters. The zero-order chi connectivity index (χ0) is 22.2. The number of ether oxygens (including phenoxy) is 1. The van der Waals surface area contributed by atoms with Crippen LogP contribution in [0.15, 0.2) is 48.5 Å². The van der Waals surface area contributed by atoms with Gasteiger partial charge >= 0.3 is 6.36 Å². The van der Waals surface area contributed by atoms with Crippen molar-refractivity contribution in [3.05, 3.63) is 65.6 Å². The number of rotatable bonds is 4. The van der Waals surface area contributed by atoms with Gasteiger partial charge in [0.1, 0.15) is 5.75 Å². The van der Waals surface area contributed by atoms with E-state index in [0.717, 1.165) is 0 Å². The molecule has 8 nitrogen and oxygen atoms in total. The van der Waals surface area contributed by atoms with E-state index >= 15 is 0 Å². The summed E-state index contributed by atoms with van der Waals surface area (Å²) in [5.74, 6) is -0.607. The molecule has 0 saturated carbocycles. The van der Waals surface area contributed by atoms with Crippen LogP contribution in [0.5, 0.6) is 5.75 Å². The third-order valence-corrected chi connectivity index (χ3v) is 4.27. The molecule has 4 aromatic rings. The second-order valence-corrected chi connectivity index (χ2v) is 6.62. The molecule has 3 heterocycles. The summed E-state index contributed by atoms with van der Waals surface area (Å²) >= 11 is 0. The lowest BCUT2D eigenvalue weighted by atomic mass is 10.1. The van der Waals surface area contributed by atoms with Crippen molar-refractivity contribution in [1.82, 2.24) is 24.8 Å². The molecule has 3 aromatic heterocycles. The van der Waals surface area contributed by atoms with Crippen molar-refractivity contribution in [3.63, 3.8) is 0 Å². The summed E-state index contributed by atoms with van der Waals surface area (Å²) in [6.45, 7) is 3.43. The van der Waals surface area contributed by atoms with Gasteiger partial charge in [-0.3, -0.25) is 4.79 Å². The lowest BCUT2D eigenvalue weighted by Crippen LogP contribution is -2.18. The Morgan fingerprint density at radius 1 is 1.06 bits per heavy atom. The molecule has 1 N–H and O–H groups in total. The van der Waals surface area contributed by atoms with Gasteiger partial charge in [0, 0.05) is 5.56 Å². The third-order valence-electron chi connectivity index (χ3n) is 4.27. The molecular formula is C20H15F3N6O2. The van der Waals surface area contributed by atoms with Crippen molar-refractivity contribution in [2.24, 2.45) is 0 Å². The molecule has 0 radical (unpaired) electrons. The molecule has 0 aliphatic rings. The van der Waals surface area contributed by atoms with Crippen molar-refractivity contribution in [1.29, 1.82) is 0 Å². The highest BCUT2D eigenvalue weighted by atomic mass is 19.4. The van der Waals surface area contributed by atoms with Gasteiger partial charge < -0.3 is 10.1 Å². The standard InChI is InChI=1S/C20H15F3N6O2/c1-11-6-8-16(27-26-11)25-19(30)18-12(2)24-17-9-7-15(28-29(17)18)13-4-3-5-14(10-13)31-20(21,22)23/h3-10H,1-2H3,(H,25,27,30). The largest absolute Gasteiger partial charge is 0.573 e. The van der Waals surface area contributed by atoms with Gasteiger partial charge in [-0.25, -0.2) is 9.50 Å². The molecule has 4 rings (SSSR count). The van der Waals surface area contributed by atoms with Crippen LogP contribution in [-0.2, 0) is 0 Å². The Bertz CT molecular complexity index is 1270. The summed E-state index contributed by atoms with van der Waals surface area (Å²) < 4.78 is 42.9. The Balaban J connectivity index is 1.70. The number of fused-ring (bicyclic) bond motifs is 1. The number of carbonyl (C=O) groups excluding carboxylic acids is 1. The summed E-state index contributed by atoms with van der Waals surface area (Å²) in [5.41, 5.74) is 2.42. The van der Waals surface area contributed by atoms with Gasteiger partial charge in [0.15, 0.2) is 17.2 Å². The van der Waals surface area contributed by atoms with Crippen molar-refractivity contribution < 1.29 is 22.7 Å². The van der Waals surface area contributed by atoms with E-state index in [-0.39, 0.29) is 17.3 Å². The van der Waals surface area contributed by atoms with Crippen molar-refractivity contribution in [2.75, 3.05) is 5.32 Å². The minimum absolute atomic E-state index is 0.168. The first-order chi connectivity index (χ1) is 14.7. The second kappa shape index (κ2) is 7.67. The van der Waals surface area contributed by atoms with Gasteiger partial charge in [0.05, 0.1) is 17.1 Å². The van der Waals surface area contributed by atoms with Crippen LogP contribution in [0.1, 0.15) is 21.9 Å². The topological polar surface area (TPSA) is 94.3 Å². The smallest absolute Gasteiger partial charge is 0.406 e. The maximum atomic E-state index is 12.8. The van der Waals surface area contributed by atoms with Crippen molar-refractivity contribution >= 4 is 17.4 Å². The summed E-state index contributed by atoms with van der Waals surface area (Å²) in [7, 11) is 0. The fourth-order valence-electron chi connectivity index (χ4n) is 2.95. The van der Waals surface area contributed by atoms with Crippen LogP contribution in [0.3, 0.4) is 0 Å². The van der Waals surface area contributed by atoms with E-state index in [9.17, 15) is 18.0 Å². The number of halogens is 3. The van der Waals surface area contributed by atoms with E-state index in [1.165, 1.54) is 22.7 Å². The van der Waals surface area contributed by atoms with Gasteiger partial charge in [-0.1, -0.05) is 12.1 Å². The quantitative estimate of drug-likeness (QED) is 0.529. The molecule has 0 bridgehead atoms. The molecule has 1 amide bonds. The van der Waals surface area contributed by atoms with Gasteiger partial charge in [0.2, 0.25) is 0 Å². The molecule has 31 heavy (non-hydrogen) atoms. The minimum Gasteiger partial charge on any atom is -0.406 e. The van der Waals surface area contributed by atoms with Crippen molar-refractivity contribution in [3.8, 4) is 17.0 Å². The second-order valence-electron chi connectivity index (χ2n) is 6.62. The number of aromatic nitrogens is 5. The van der Waals surface area contributed by atoms with Gasteiger partial charge in [-0.2, -0.15) is 10.2 Å². The van der Waals surface area contributed by atoms with Crippen LogP contribution < -0.4 is 10.1 Å². The molecule has 0 fully saturated rings. The van der Waals surface area contributed by atoms with Crippen molar-refractivity contribution in [2.45, 2.75) is 20.2 Å². The molecule has 0 saturated heterocycles. The molecule has 158 valence electrons. The van der Waals surface area contributed by atoms with Gasteiger partial charge in [-0.15, -0.1) is 18.3 Å². The fraction of sp³-hybridized carbons (Fsp3) is 0.150. The number of aryl methyl sites for hydroxylation is 2. The predicted molar refractivity (Wildman–Crippen MR) is 105 cm³/mol. The van der Waals surface area contributed by atoms with Crippen LogP contribution in [0, 0.1) is 13.8 Å². The SMILES string of the molecule is Cc1ccc(NC(=O)c2c(C)nc3ccc(-c4cccc(OC(F)(F)F)c4)nn23)nn1. The number of carbonyl (C=O) groups is 1. The van der Waals surface area contributed by atoms with Crippen LogP contribution in [0.25, 0.3) is 16.9 Å². The van der Waals surface area contributed by atoms with E-state index in [4.69, 9.17) is 0 Å². The number of imidazole rings is 1. The average Bonchev–Trinajstić information content (AvgIpc) is 3.03. The summed E-state index contributed by atoms with van der Waals surface area (Å²) in [6.07, 6.45) is -4.80. The zero-order valence-corrected chi connectivity index (χ0v) is 16.3. The number of benzene rings is 1. The molecule has 0 unspecified atom stereocenters. The number of hydrogen-bond acceptors (Lipinski definition) is 6. The lowest BCUT2D eigenvalue weighted by molar-refractivity contribution is -0.274. The number of alkyl halides is 3. The number of nitrogens with one attached hydrogen (secondary N) is 1. The molecule has 1 aromatic carbocycles. The predicted octanol–water partition coefficient (Wildman–Crippen LogP) is 3.95. The molecule has 11 heteroatoms. The van der Waals surface area contributed by atoms with E-state index < -0.39 is 12.3 Å². The monoisotopic (exact) mass is 428 g/mol. The maximum absolute atomic E-state index is 12.8. The lowest BCUT2D eigenvalue weighted by Gasteiger charge is -2.10. The van der Waals surface area contributed by atoms with Gasteiger partial charge in [-0.05, 0) is 50.2 Å². The van der Waals surface area contributed by atoms with E-state index in [1.807, 2.05) is 0 Å². The average molecular weight is 428 g/mol. The minimum atomic E-state index is -4.80. The maximum Gasteiger partial charge on any atom is 0.573 e. The van der Waals surface area contributed by atoms with Crippen LogP contribution in [0.4, 0.5) is 19.0 Å². The summed E-state index contributed by atoms with van der Waals surface area (Å²) in [5, 5.41) is 14.8. The molecule has 0 aliphatic carbocycles. The fourth-order valence-corrected chi connectivity index (χ4v) is 2.95. The van der Waals surface area contributed by atoms with E-state index in [0.29, 0.717) is 28.3 Å². The third kappa shape index (κ3) is 4.44. The normalized spacial score (nSPS) is 11.5. The van der Waals surface area contributed by atoms with Crippen LogP contribution in [0.2, 0.25) is 0 Å². The molecule has 0 spiro atoms. The number of amides is 1. The Kier molecular flexibility index (Phi) is 5.01. The first-order valence-electron chi connectivity index (χ1n) is 9.04. The number of hydrogen-bond donors (Lipinski definition) is 1. The van der Waals surface area contributed by atoms with Crippen LogP contribution >= 0.6 is 0 Å². The Labute approximate surface area is 173 Å². The number of anilines is 1. The van der Waals surface area contributed by atoms with E-state index in [1.54, 1.807) is 44.2 Å².